The van der Waals surface area contributed by atoms with Gasteiger partial charge in [0.2, 0.25) is 5.88 Å². The number of nitrogens with zero attached hydrogens (tertiary/aromatic N) is 4. The lowest BCUT2D eigenvalue weighted by Gasteiger charge is -2.09. The minimum absolute atomic E-state index is 0.0679. The van der Waals surface area contributed by atoms with E-state index in [1.807, 2.05) is 0 Å². The molecule has 3 aromatic heterocycles. The lowest BCUT2D eigenvalue weighted by molar-refractivity contribution is 0.0997. The van der Waals surface area contributed by atoms with Gasteiger partial charge >= 0.3 is 0 Å². The van der Waals surface area contributed by atoms with Gasteiger partial charge in [0.05, 0.1) is 5.39 Å². The van der Waals surface area contributed by atoms with Gasteiger partial charge in [-0.05, 0) is 49.4 Å². The minimum atomic E-state index is -0.526. The summed E-state index contributed by atoms with van der Waals surface area (Å²) in [6.07, 6.45) is 3.44. The molecule has 3 heterocycles. The van der Waals surface area contributed by atoms with Gasteiger partial charge in [0.15, 0.2) is 17.0 Å². The van der Waals surface area contributed by atoms with E-state index in [2.05, 4.69) is 20.4 Å². The first-order chi connectivity index (χ1) is 16.0. The highest BCUT2D eigenvalue weighted by molar-refractivity contribution is 6.03. The summed E-state index contributed by atoms with van der Waals surface area (Å²) in [6.45, 7) is 1.77. The van der Waals surface area contributed by atoms with Crippen molar-refractivity contribution in [3.63, 3.8) is 0 Å². The van der Waals surface area contributed by atoms with E-state index >= 15 is 0 Å². The third kappa shape index (κ3) is 4.33. The summed E-state index contributed by atoms with van der Waals surface area (Å²) in [6, 6.07) is 18.2. The van der Waals surface area contributed by atoms with Gasteiger partial charge in [-0.2, -0.15) is 10.1 Å². The molecule has 0 radical (unpaired) electrons. The molecular weight excluding hydrogens is 422 g/mol. The van der Waals surface area contributed by atoms with E-state index in [9.17, 15) is 9.59 Å². The SMILES string of the molecule is Cc1nc(Oc2ccc(NC(=O)c3cc(=O)c4ccccc4o3)cc2)cc(-n2cccn2)n1. The van der Waals surface area contributed by atoms with E-state index in [4.69, 9.17) is 9.15 Å². The monoisotopic (exact) mass is 439 g/mol. The van der Waals surface area contributed by atoms with Crippen molar-refractivity contribution in [1.82, 2.24) is 19.7 Å². The Balaban J connectivity index is 1.31. The largest absolute Gasteiger partial charge is 0.451 e. The Morgan fingerprint density at radius 1 is 1.03 bits per heavy atom. The van der Waals surface area contributed by atoms with Crippen molar-refractivity contribution in [1.29, 1.82) is 0 Å². The van der Waals surface area contributed by atoms with Crippen LogP contribution in [0.4, 0.5) is 5.69 Å². The van der Waals surface area contributed by atoms with Crippen molar-refractivity contribution < 1.29 is 13.9 Å². The predicted octanol–water partition coefficient (Wildman–Crippen LogP) is 4.12. The highest BCUT2D eigenvalue weighted by atomic mass is 16.5. The Bertz CT molecular complexity index is 1510. The maximum absolute atomic E-state index is 12.6. The first kappa shape index (κ1) is 20.1. The standard InChI is InChI=1S/C24H17N5O4/c1-15-26-22(29-12-4-11-25-29)14-23(27-15)32-17-9-7-16(8-10-17)28-24(31)21-13-19(30)18-5-2-3-6-20(18)33-21/h2-14H,1H3,(H,28,31). The molecule has 0 atom stereocenters. The van der Waals surface area contributed by atoms with E-state index < -0.39 is 5.91 Å². The van der Waals surface area contributed by atoms with Crippen LogP contribution in [0.2, 0.25) is 0 Å². The van der Waals surface area contributed by atoms with Crippen LogP contribution < -0.4 is 15.5 Å². The van der Waals surface area contributed by atoms with Crippen molar-refractivity contribution in [2.24, 2.45) is 0 Å². The Morgan fingerprint density at radius 2 is 1.85 bits per heavy atom. The van der Waals surface area contributed by atoms with E-state index in [-0.39, 0.29) is 11.2 Å². The number of hydrogen-bond acceptors (Lipinski definition) is 7. The fraction of sp³-hybridized carbons (Fsp3) is 0.0417. The Morgan fingerprint density at radius 3 is 2.64 bits per heavy atom. The normalized spacial score (nSPS) is 10.8. The third-order valence-electron chi connectivity index (χ3n) is 4.73. The van der Waals surface area contributed by atoms with E-state index in [0.717, 1.165) is 0 Å². The molecule has 9 heteroatoms. The molecule has 0 unspecified atom stereocenters. The molecule has 1 N–H and O–H groups in total. The Kier molecular flexibility index (Phi) is 5.12. The van der Waals surface area contributed by atoms with Crippen LogP contribution in [0.25, 0.3) is 16.8 Å². The summed E-state index contributed by atoms with van der Waals surface area (Å²) in [5.41, 5.74) is 0.591. The number of ether oxygens (including phenoxy) is 1. The number of nitrogens with one attached hydrogen (secondary N) is 1. The highest BCUT2D eigenvalue weighted by Crippen LogP contribution is 2.23. The molecule has 1 amide bonds. The van der Waals surface area contributed by atoms with Crippen LogP contribution in [0, 0.1) is 6.92 Å². The van der Waals surface area contributed by atoms with E-state index in [1.54, 1.807) is 84.7 Å². The lowest BCUT2D eigenvalue weighted by atomic mass is 10.2. The number of para-hydroxylation sites is 1. The number of benzene rings is 2. The molecule has 5 aromatic rings. The van der Waals surface area contributed by atoms with Gasteiger partial charge in [-0.1, -0.05) is 12.1 Å². The van der Waals surface area contributed by atoms with Crippen molar-refractivity contribution in [2.45, 2.75) is 6.92 Å². The number of amides is 1. The number of carbonyl (C=O) groups is 1. The number of anilines is 1. The van der Waals surface area contributed by atoms with Crippen LogP contribution in [-0.2, 0) is 0 Å². The molecule has 33 heavy (non-hydrogen) atoms. The number of aromatic nitrogens is 4. The average Bonchev–Trinajstić information content (AvgIpc) is 3.35. The van der Waals surface area contributed by atoms with Crippen LogP contribution in [0.1, 0.15) is 16.4 Å². The number of hydrogen-bond donors (Lipinski definition) is 1. The first-order valence-electron chi connectivity index (χ1n) is 10.0. The van der Waals surface area contributed by atoms with Gasteiger partial charge in [0.1, 0.15) is 17.2 Å². The van der Waals surface area contributed by atoms with Gasteiger partial charge in [0.25, 0.3) is 5.91 Å². The zero-order valence-electron chi connectivity index (χ0n) is 17.4. The zero-order valence-corrected chi connectivity index (χ0v) is 17.4. The number of fused-ring (bicyclic) bond motifs is 1. The quantitative estimate of drug-likeness (QED) is 0.438. The van der Waals surface area contributed by atoms with Crippen molar-refractivity contribution in [3.8, 4) is 17.4 Å². The fourth-order valence-corrected chi connectivity index (χ4v) is 3.23. The van der Waals surface area contributed by atoms with Gasteiger partial charge in [-0.3, -0.25) is 9.59 Å². The average molecular weight is 439 g/mol. The van der Waals surface area contributed by atoms with Crippen LogP contribution >= 0.6 is 0 Å². The predicted molar refractivity (Wildman–Crippen MR) is 121 cm³/mol. The molecule has 5 rings (SSSR count). The van der Waals surface area contributed by atoms with Gasteiger partial charge in [-0.25, -0.2) is 9.67 Å². The van der Waals surface area contributed by atoms with Crippen LogP contribution in [-0.4, -0.2) is 25.7 Å². The summed E-state index contributed by atoms with van der Waals surface area (Å²) in [4.78, 5) is 33.4. The molecule has 2 aromatic carbocycles. The second-order valence-electron chi connectivity index (χ2n) is 7.11. The number of aryl methyl sites for hydroxylation is 1. The summed E-state index contributed by atoms with van der Waals surface area (Å²) < 4.78 is 13.0. The Hall–Kier alpha value is -4.79. The van der Waals surface area contributed by atoms with Crippen molar-refractivity contribution >= 4 is 22.6 Å². The first-order valence-corrected chi connectivity index (χ1v) is 10.0. The van der Waals surface area contributed by atoms with Gasteiger partial charge in [-0.15, -0.1) is 0 Å². The molecule has 0 fully saturated rings. The molecule has 0 aliphatic carbocycles. The van der Waals surface area contributed by atoms with Crippen LogP contribution in [0.3, 0.4) is 0 Å². The fourth-order valence-electron chi connectivity index (χ4n) is 3.23. The molecule has 0 aliphatic heterocycles. The maximum atomic E-state index is 12.6. The summed E-state index contributed by atoms with van der Waals surface area (Å²) >= 11 is 0. The molecule has 9 nitrogen and oxygen atoms in total. The third-order valence-corrected chi connectivity index (χ3v) is 4.73. The molecule has 0 saturated carbocycles. The van der Waals surface area contributed by atoms with Crippen LogP contribution in [0.5, 0.6) is 11.6 Å². The second kappa shape index (κ2) is 8.39. The number of rotatable bonds is 5. The topological polar surface area (TPSA) is 112 Å². The van der Waals surface area contributed by atoms with Crippen molar-refractivity contribution in [2.75, 3.05) is 5.32 Å². The van der Waals surface area contributed by atoms with Crippen molar-refractivity contribution in [3.05, 3.63) is 101 Å². The minimum Gasteiger partial charge on any atom is -0.451 e. The summed E-state index contributed by atoms with van der Waals surface area (Å²) in [5, 5.41) is 7.30. The molecule has 162 valence electrons. The van der Waals surface area contributed by atoms with E-state index in [1.165, 1.54) is 6.07 Å². The van der Waals surface area contributed by atoms with Gasteiger partial charge in [0, 0.05) is 30.2 Å². The number of carbonyl (C=O) groups excluding carboxylic acids is 1. The lowest BCUT2D eigenvalue weighted by Crippen LogP contribution is -2.14. The molecule has 0 spiro atoms. The molecule has 0 saturated heterocycles. The van der Waals surface area contributed by atoms with E-state index in [0.29, 0.717) is 39.9 Å². The van der Waals surface area contributed by atoms with Gasteiger partial charge < -0.3 is 14.5 Å². The van der Waals surface area contributed by atoms with Crippen LogP contribution in [0.15, 0.2) is 88.3 Å². The highest BCUT2D eigenvalue weighted by Gasteiger charge is 2.13. The maximum Gasteiger partial charge on any atom is 0.291 e. The molecular formula is C24H17N5O4. The molecule has 0 bridgehead atoms. The second-order valence-corrected chi connectivity index (χ2v) is 7.11. The summed E-state index contributed by atoms with van der Waals surface area (Å²) in [5.74, 6) is 1.42. The zero-order chi connectivity index (χ0) is 22.8. The Labute approximate surface area is 187 Å². The molecule has 0 aliphatic rings. The smallest absolute Gasteiger partial charge is 0.291 e. The summed E-state index contributed by atoms with van der Waals surface area (Å²) in [7, 11) is 0.